The minimum atomic E-state index is 0.0590. The Morgan fingerprint density at radius 3 is 2.29 bits per heavy atom. The lowest BCUT2D eigenvalue weighted by molar-refractivity contribution is 0.315. The van der Waals surface area contributed by atoms with Crippen LogP contribution in [0, 0.1) is 5.41 Å². The summed E-state index contributed by atoms with van der Waals surface area (Å²) in [6.45, 7) is 6.31. The van der Waals surface area contributed by atoms with Crippen LogP contribution >= 0.6 is 11.6 Å². The van der Waals surface area contributed by atoms with Gasteiger partial charge in [0.2, 0.25) is 0 Å². The molecule has 0 saturated heterocycles. The molecule has 0 aliphatic heterocycles. The van der Waals surface area contributed by atoms with E-state index < -0.39 is 0 Å². The minimum Gasteiger partial charge on any atom is -0.327 e. The van der Waals surface area contributed by atoms with E-state index in [4.69, 9.17) is 17.3 Å². The molecule has 0 saturated carbocycles. The molecule has 4 heteroatoms. The SMILES string of the molecule is CC(C)(C)C(N)Cc1ncc(Cl)cn1. The zero-order valence-corrected chi connectivity index (χ0v) is 9.54. The van der Waals surface area contributed by atoms with Gasteiger partial charge in [-0.25, -0.2) is 9.97 Å². The van der Waals surface area contributed by atoms with Gasteiger partial charge >= 0.3 is 0 Å². The monoisotopic (exact) mass is 213 g/mol. The summed E-state index contributed by atoms with van der Waals surface area (Å²) in [6, 6.07) is 0.0590. The molecule has 1 heterocycles. The molecule has 0 bridgehead atoms. The Morgan fingerprint density at radius 1 is 1.36 bits per heavy atom. The molecule has 0 spiro atoms. The van der Waals surface area contributed by atoms with Crippen molar-refractivity contribution < 1.29 is 0 Å². The van der Waals surface area contributed by atoms with E-state index in [1.54, 1.807) is 12.4 Å². The lowest BCUT2D eigenvalue weighted by atomic mass is 9.85. The highest BCUT2D eigenvalue weighted by molar-refractivity contribution is 6.30. The average Bonchev–Trinajstić information content (AvgIpc) is 2.07. The Labute approximate surface area is 89.7 Å². The van der Waals surface area contributed by atoms with Gasteiger partial charge in [0.15, 0.2) is 0 Å². The molecule has 0 amide bonds. The lowest BCUT2D eigenvalue weighted by Crippen LogP contribution is -2.37. The van der Waals surface area contributed by atoms with Gasteiger partial charge in [0.05, 0.1) is 5.02 Å². The molecule has 1 unspecified atom stereocenters. The molecule has 0 fully saturated rings. The van der Waals surface area contributed by atoms with Gasteiger partial charge in [0.1, 0.15) is 5.82 Å². The van der Waals surface area contributed by atoms with E-state index in [1.807, 2.05) is 0 Å². The number of hydrogen-bond acceptors (Lipinski definition) is 3. The van der Waals surface area contributed by atoms with Crippen molar-refractivity contribution >= 4 is 11.6 Å². The van der Waals surface area contributed by atoms with Gasteiger partial charge in [0, 0.05) is 24.9 Å². The number of nitrogens with two attached hydrogens (primary N) is 1. The second kappa shape index (κ2) is 4.24. The largest absolute Gasteiger partial charge is 0.327 e. The maximum atomic E-state index is 6.01. The first kappa shape index (κ1) is 11.4. The Balaban J connectivity index is 2.65. The quantitative estimate of drug-likeness (QED) is 0.818. The highest BCUT2D eigenvalue weighted by Gasteiger charge is 2.21. The predicted octanol–water partition coefficient (Wildman–Crippen LogP) is 2.05. The number of nitrogens with zero attached hydrogens (tertiary/aromatic N) is 2. The molecule has 0 aliphatic rings. The second-order valence-corrected chi connectivity index (χ2v) is 4.93. The van der Waals surface area contributed by atoms with Gasteiger partial charge in [-0.05, 0) is 5.41 Å². The zero-order valence-electron chi connectivity index (χ0n) is 8.79. The van der Waals surface area contributed by atoms with Gasteiger partial charge in [0.25, 0.3) is 0 Å². The molecular weight excluding hydrogens is 198 g/mol. The van der Waals surface area contributed by atoms with Crippen LogP contribution in [0.3, 0.4) is 0 Å². The fourth-order valence-electron chi connectivity index (χ4n) is 0.947. The first-order valence-electron chi connectivity index (χ1n) is 4.61. The van der Waals surface area contributed by atoms with Crippen LogP contribution in [0.25, 0.3) is 0 Å². The lowest BCUT2D eigenvalue weighted by Gasteiger charge is -2.26. The highest BCUT2D eigenvalue weighted by atomic mass is 35.5. The third-order valence-corrected chi connectivity index (χ3v) is 2.38. The molecule has 2 N–H and O–H groups in total. The molecule has 78 valence electrons. The van der Waals surface area contributed by atoms with E-state index in [0.29, 0.717) is 11.4 Å². The fourth-order valence-corrected chi connectivity index (χ4v) is 1.04. The standard InChI is InChI=1S/C10H16ClN3/c1-10(2,3)8(12)4-9-13-5-7(11)6-14-9/h5-6,8H,4,12H2,1-3H3. The predicted molar refractivity (Wildman–Crippen MR) is 58.2 cm³/mol. The Bertz CT molecular complexity index is 289. The van der Waals surface area contributed by atoms with Crippen molar-refractivity contribution in [3.8, 4) is 0 Å². The van der Waals surface area contributed by atoms with E-state index in [9.17, 15) is 0 Å². The summed E-state index contributed by atoms with van der Waals surface area (Å²) in [6.07, 6.45) is 3.87. The van der Waals surface area contributed by atoms with Gasteiger partial charge in [-0.15, -0.1) is 0 Å². The molecule has 1 atom stereocenters. The Hall–Kier alpha value is -0.670. The Morgan fingerprint density at radius 2 is 1.86 bits per heavy atom. The van der Waals surface area contributed by atoms with E-state index >= 15 is 0 Å². The topological polar surface area (TPSA) is 51.8 Å². The number of aromatic nitrogens is 2. The molecule has 1 aromatic heterocycles. The van der Waals surface area contributed by atoms with Gasteiger partial charge in [-0.1, -0.05) is 32.4 Å². The Kier molecular flexibility index (Phi) is 3.45. The van der Waals surface area contributed by atoms with Crippen LogP contribution in [0.15, 0.2) is 12.4 Å². The summed E-state index contributed by atoms with van der Waals surface area (Å²) in [5.41, 5.74) is 6.08. The van der Waals surface area contributed by atoms with Crippen molar-refractivity contribution in [3.05, 3.63) is 23.2 Å². The zero-order chi connectivity index (χ0) is 10.8. The number of rotatable bonds is 2. The van der Waals surface area contributed by atoms with E-state index in [2.05, 4.69) is 30.7 Å². The van der Waals surface area contributed by atoms with Crippen molar-refractivity contribution in [2.75, 3.05) is 0 Å². The van der Waals surface area contributed by atoms with Crippen molar-refractivity contribution in [1.82, 2.24) is 9.97 Å². The highest BCUT2D eigenvalue weighted by Crippen LogP contribution is 2.19. The molecule has 3 nitrogen and oxygen atoms in total. The van der Waals surface area contributed by atoms with Gasteiger partial charge in [-0.3, -0.25) is 0 Å². The van der Waals surface area contributed by atoms with Crippen LogP contribution < -0.4 is 5.73 Å². The van der Waals surface area contributed by atoms with Crippen molar-refractivity contribution in [2.45, 2.75) is 33.2 Å². The third-order valence-electron chi connectivity index (χ3n) is 2.19. The van der Waals surface area contributed by atoms with Crippen LogP contribution in [-0.2, 0) is 6.42 Å². The van der Waals surface area contributed by atoms with Crippen LogP contribution in [0.4, 0.5) is 0 Å². The molecule has 0 radical (unpaired) electrons. The summed E-state index contributed by atoms with van der Waals surface area (Å²) in [5.74, 6) is 0.747. The maximum absolute atomic E-state index is 6.01. The van der Waals surface area contributed by atoms with E-state index in [-0.39, 0.29) is 11.5 Å². The molecule has 0 aliphatic carbocycles. The summed E-state index contributed by atoms with van der Waals surface area (Å²) in [5, 5.41) is 0.554. The number of halogens is 1. The third kappa shape index (κ3) is 3.24. The fraction of sp³-hybridized carbons (Fsp3) is 0.600. The first-order valence-corrected chi connectivity index (χ1v) is 4.99. The maximum Gasteiger partial charge on any atom is 0.129 e. The van der Waals surface area contributed by atoms with Crippen molar-refractivity contribution in [2.24, 2.45) is 11.1 Å². The van der Waals surface area contributed by atoms with Gasteiger partial charge < -0.3 is 5.73 Å². The summed E-state index contributed by atoms with van der Waals surface area (Å²) < 4.78 is 0. The first-order chi connectivity index (χ1) is 6.39. The smallest absolute Gasteiger partial charge is 0.129 e. The van der Waals surface area contributed by atoms with E-state index in [1.165, 1.54) is 0 Å². The minimum absolute atomic E-state index is 0.0590. The van der Waals surface area contributed by atoms with Crippen LogP contribution in [-0.4, -0.2) is 16.0 Å². The van der Waals surface area contributed by atoms with E-state index in [0.717, 1.165) is 5.82 Å². The molecule has 0 aromatic carbocycles. The molecule has 1 aromatic rings. The van der Waals surface area contributed by atoms with Crippen molar-refractivity contribution in [1.29, 1.82) is 0 Å². The van der Waals surface area contributed by atoms with Crippen LogP contribution in [0.2, 0.25) is 5.02 Å². The van der Waals surface area contributed by atoms with Crippen molar-refractivity contribution in [3.63, 3.8) is 0 Å². The molecular formula is C10H16ClN3. The average molecular weight is 214 g/mol. The summed E-state index contributed by atoms with van der Waals surface area (Å²) in [4.78, 5) is 8.22. The molecule has 1 rings (SSSR count). The normalized spacial score (nSPS) is 14.1. The summed E-state index contributed by atoms with van der Waals surface area (Å²) >= 11 is 5.68. The summed E-state index contributed by atoms with van der Waals surface area (Å²) in [7, 11) is 0. The second-order valence-electron chi connectivity index (χ2n) is 4.49. The molecule has 14 heavy (non-hydrogen) atoms. The van der Waals surface area contributed by atoms with Crippen LogP contribution in [0.1, 0.15) is 26.6 Å². The number of hydrogen-bond donors (Lipinski definition) is 1. The van der Waals surface area contributed by atoms with Gasteiger partial charge in [-0.2, -0.15) is 0 Å². The van der Waals surface area contributed by atoms with Crippen LogP contribution in [0.5, 0.6) is 0 Å².